The average molecular weight is 302 g/mol. The van der Waals surface area contributed by atoms with Crippen LogP contribution in [0.4, 0.5) is 0 Å². The number of aliphatic hydroxyl groups excluding tert-OH is 1. The van der Waals surface area contributed by atoms with E-state index in [2.05, 4.69) is 6.92 Å². The van der Waals surface area contributed by atoms with Gasteiger partial charge in [-0.15, -0.1) is 0 Å². The molecule has 2 unspecified atom stereocenters. The number of carbonyl (C=O) groups excluding carboxylic acids is 1. The molecule has 0 radical (unpaired) electrons. The van der Waals surface area contributed by atoms with E-state index >= 15 is 0 Å². The first-order chi connectivity index (χ1) is 9.02. The van der Waals surface area contributed by atoms with E-state index in [1.807, 2.05) is 4.90 Å². The molecule has 0 amide bonds. The largest absolute Gasteiger partial charge is 0.395 e. The van der Waals surface area contributed by atoms with Crippen molar-refractivity contribution in [3.05, 3.63) is 33.8 Å². The molecule has 0 spiro atoms. The third-order valence-corrected chi connectivity index (χ3v) is 4.32. The maximum atomic E-state index is 12.3. The summed E-state index contributed by atoms with van der Waals surface area (Å²) in [5, 5.41) is 10.3. The number of carbonyl (C=O) groups is 1. The van der Waals surface area contributed by atoms with Crippen LogP contribution in [-0.4, -0.2) is 41.5 Å². The molecule has 2 atom stereocenters. The maximum Gasteiger partial charge on any atom is 0.178 e. The molecule has 5 heteroatoms. The van der Waals surface area contributed by atoms with Gasteiger partial charge in [-0.25, -0.2) is 0 Å². The molecule has 0 aromatic heterocycles. The van der Waals surface area contributed by atoms with E-state index in [0.29, 0.717) is 21.5 Å². The Bertz CT molecular complexity index is 479. The Morgan fingerprint density at radius 3 is 2.89 bits per heavy atom. The number of hydrogen-bond donors (Lipinski definition) is 1. The number of halogens is 2. The Labute approximate surface area is 123 Å². The minimum Gasteiger partial charge on any atom is -0.395 e. The van der Waals surface area contributed by atoms with E-state index in [1.54, 1.807) is 18.2 Å². The van der Waals surface area contributed by atoms with Gasteiger partial charge in [-0.2, -0.15) is 0 Å². The van der Waals surface area contributed by atoms with Gasteiger partial charge in [0.1, 0.15) is 0 Å². The highest BCUT2D eigenvalue weighted by Crippen LogP contribution is 2.25. The summed E-state index contributed by atoms with van der Waals surface area (Å²) >= 11 is 11.9. The number of Topliss-reactive ketones (excluding diaryl/α,β-unsaturated/α-hetero) is 1. The molecule has 2 rings (SSSR count). The van der Waals surface area contributed by atoms with Crippen LogP contribution in [0.25, 0.3) is 0 Å². The SMILES string of the molecule is CC1CCN(CC(=O)c2cc(Cl)ccc2Cl)C1CO. The van der Waals surface area contributed by atoms with Gasteiger partial charge in [-0.3, -0.25) is 9.69 Å². The fourth-order valence-corrected chi connectivity index (χ4v) is 2.96. The van der Waals surface area contributed by atoms with Crippen LogP contribution in [0.3, 0.4) is 0 Å². The Hall–Kier alpha value is -0.610. The predicted molar refractivity (Wildman–Crippen MR) is 77.0 cm³/mol. The number of nitrogens with zero attached hydrogens (tertiary/aromatic N) is 1. The zero-order chi connectivity index (χ0) is 14.0. The fraction of sp³-hybridized carbons (Fsp3) is 0.500. The molecule has 1 aromatic rings. The van der Waals surface area contributed by atoms with Crippen LogP contribution < -0.4 is 0 Å². The zero-order valence-corrected chi connectivity index (χ0v) is 12.3. The van der Waals surface area contributed by atoms with Crippen molar-refractivity contribution >= 4 is 29.0 Å². The third-order valence-electron chi connectivity index (χ3n) is 3.76. The first-order valence-electron chi connectivity index (χ1n) is 6.36. The molecule has 1 fully saturated rings. The molecule has 0 bridgehead atoms. The van der Waals surface area contributed by atoms with Crippen LogP contribution in [0.15, 0.2) is 18.2 Å². The first kappa shape index (κ1) is 14.8. The molecule has 19 heavy (non-hydrogen) atoms. The first-order valence-corrected chi connectivity index (χ1v) is 7.11. The molecule has 0 aliphatic carbocycles. The van der Waals surface area contributed by atoms with Gasteiger partial charge in [0.15, 0.2) is 5.78 Å². The monoisotopic (exact) mass is 301 g/mol. The topological polar surface area (TPSA) is 40.5 Å². The van der Waals surface area contributed by atoms with Crippen LogP contribution >= 0.6 is 23.2 Å². The second-order valence-electron chi connectivity index (χ2n) is 5.03. The molecule has 1 aromatic carbocycles. The minimum atomic E-state index is -0.0555. The maximum absolute atomic E-state index is 12.3. The van der Waals surface area contributed by atoms with Crippen molar-refractivity contribution in [3.8, 4) is 0 Å². The lowest BCUT2D eigenvalue weighted by atomic mass is 10.0. The van der Waals surface area contributed by atoms with Crippen molar-refractivity contribution in [1.29, 1.82) is 0 Å². The van der Waals surface area contributed by atoms with Gasteiger partial charge < -0.3 is 5.11 Å². The summed E-state index contributed by atoms with van der Waals surface area (Å²) in [5.41, 5.74) is 0.449. The van der Waals surface area contributed by atoms with Gasteiger partial charge in [0.25, 0.3) is 0 Å². The zero-order valence-electron chi connectivity index (χ0n) is 10.8. The van der Waals surface area contributed by atoms with E-state index < -0.39 is 0 Å². The Morgan fingerprint density at radius 1 is 1.47 bits per heavy atom. The number of rotatable bonds is 4. The number of benzene rings is 1. The van der Waals surface area contributed by atoms with Gasteiger partial charge in [-0.05, 0) is 37.1 Å². The number of aliphatic hydroxyl groups is 1. The van der Waals surface area contributed by atoms with Crippen molar-refractivity contribution in [1.82, 2.24) is 4.90 Å². The smallest absolute Gasteiger partial charge is 0.178 e. The van der Waals surface area contributed by atoms with Crippen LogP contribution in [0.2, 0.25) is 10.0 Å². The summed E-state index contributed by atoms with van der Waals surface area (Å²) in [4.78, 5) is 14.3. The lowest BCUT2D eigenvalue weighted by Gasteiger charge is -2.24. The van der Waals surface area contributed by atoms with E-state index in [0.717, 1.165) is 13.0 Å². The van der Waals surface area contributed by atoms with Crippen LogP contribution in [0, 0.1) is 5.92 Å². The van der Waals surface area contributed by atoms with Gasteiger partial charge in [0.05, 0.1) is 18.2 Å². The second kappa shape index (κ2) is 6.23. The summed E-state index contributed by atoms with van der Waals surface area (Å²) in [6, 6.07) is 4.95. The van der Waals surface area contributed by atoms with E-state index in [4.69, 9.17) is 23.2 Å². The molecule has 104 valence electrons. The highest BCUT2D eigenvalue weighted by atomic mass is 35.5. The molecule has 1 aliphatic rings. The van der Waals surface area contributed by atoms with Gasteiger partial charge in [-0.1, -0.05) is 30.1 Å². The summed E-state index contributed by atoms with van der Waals surface area (Å²) in [7, 11) is 0. The van der Waals surface area contributed by atoms with E-state index in [-0.39, 0.29) is 25.0 Å². The molecule has 1 N–H and O–H groups in total. The van der Waals surface area contributed by atoms with Crippen molar-refractivity contribution in [2.24, 2.45) is 5.92 Å². The highest BCUT2D eigenvalue weighted by molar-refractivity contribution is 6.36. The van der Waals surface area contributed by atoms with Crippen molar-refractivity contribution in [3.63, 3.8) is 0 Å². The Kier molecular flexibility index (Phi) is 4.85. The van der Waals surface area contributed by atoms with Gasteiger partial charge in [0.2, 0.25) is 0 Å². The quantitative estimate of drug-likeness (QED) is 0.870. The predicted octanol–water partition coefficient (Wildman–Crippen LogP) is 2.88. The molecule has 0 saturated carbocycles. The van der Waals surface area contributed by atoms with Gasteiger partial charge in [0, 0.05) is 16.6 Å². The van der Waals surface area contributed by atoms with Crippen molar-refractivity contribution < 1.29 is 9.90 Å². The summed E-state index contributed by atoms with van der Waals surface area (Å²) in [6.07, 6.45) is 1.00. The molecular weight excluding hydrogens is 285 g/mol. The fourth-order valence-electron chi connectivity index (χ4n) is 2.56. The Morgan fingerprint density at radius 2 is 2.21 bits per heavy atom. The van der Waals surface area contributed by atoms with Crippen molar-refractivity contribution in [2.75, 3.05) is 19.7 Å². The standard InChI is InChI=1S/C14H17Cl2NO2/c1-9-4-5-17(13(9)8-18)7-14(19)11-6-10(15)2-3-12(11)16/h2-3,6,9,13,18H,4-5,7-8H2,1H3. The normalized spacial score (nSPS) is 23.8. The van der Waals surface area contributed by atoms with Crippen molar-refractivity contribution in [2.45, 2.75) is 19.4 Å². The van der Waals surface area contributed by atoms with E-state index in [9.17, 15) is 9.90 Å². The highest BCUT2D eigenvalue weighted by Gasteiger charge is 2.32. The lowest BCUT2D eigenvalue weighted by molar-refractivity contribution is 0.0866. The molecular formula is C14H17Cl2NO2. The second-order valence-corrected chi connectivity index (χ2v) is 5.88. The van der Waals surface area contributed by atoms with Crippen LogP contribution in [0.5, 0.6) is 0 Å². The number of hydrogen-bond acceptors (Lipinski definition) is 3. The van der Waals surface area contributed by atoms with Crippen LogP contribution in [-0.2, 0) is 0 Å². The summed E-state index contributed by atoms with van der Waals surface area (Å²) < 4.78 is 0. The van der Waals surface area contributed by atoms with E-state index in [1.165, 1.54) is 0 Å². The average Bonchev–Trinajstić information content (AvgIpc) is 2.72. The summed E-state index contributed by atoms with van der Waals surface area (Å²) in [6.45, 7) is 3.28. The molecule has 1 saturated heterocycles. The molecule has 1 heterocycles. The Balaban J connectivity index is 2.11. The molecule has 3 nitrogen and oxygen atoms in total. The number of ketones is 1. The minimum absolute atomic E-state index is 0.0555. The third kappa shape index (κ3) is 3.29. The van der Waals surface area contributed by atoms with Crippen LogP contribution in [0.1, 0.15) is 23.7 Å². The summed E-state index contributed by atoms with van der Waals surface area (Å²) in [5.74, 6) is 0.354. The van der Waals surface area contributed by atoms with Gasteiger partial charge >= 0.3 is 0 Å². The molecule has 1 aliphatic heterocycles. The lowest BCUT2D eigenvalue weighted by Crippen LogP contribution is -2.38. The number of likely N-dealkylation sites (tertiary alicyclic amines) is 1.